The third kappa shape index (κ3) is 3.30. The van der Waals surface area contributed by atoms with E-state index in [1.165, 1.54) is 25.3 Å². The second kappa shape index (κ2) is 5.49. The number of sulfone groups is 1. The van der Waals surface area contributed by atoms with E-state index in [0.717, 1.165) is 0 Å². The molecule has 0 aliphatic rings. The molecule has 1 N–H and O–H groups in total. The minimum Gasteiger partial charge on any atom is -0.478 e. The van der Waals surface area contributed by atoms with Crippen molar-refractivity contribution in [1.82, 2.24) is 0 Å². The van der Waals surface area contributed by atoms with Crippen LogP contribution in [0.2, 0.25) is 0 Å². The molecule has 1 aromatic carbocycles. The lowest BCUT2D eigenvalue weighted by Crippen LogP contribution is -2.20. The Bertz CT molecular complexity index is 548. The average Bonchev–Trinajstić information content (AvgIpc) is 2.28. The molecule has 18 heavy (non-hydrogen) atoms. The van der Waals surface area contributed by atoms with Gasteiger partial charge in [-0.3, -0.25) is 0 Å². The van der Waals surface area contributed by atoms with E-state index in [4.69, 9.17) is 9.84 Å². The first-order valence-corrected chi connectivity index (χ1v) is 7.02. The Balaban J connectivity index is 3.18. The summed E-state index contributed by atoms with van der Waals surface area (Å²) in [6.07, 6.45) is -0.440. The van der Waals surface area contributed by atoms with Crippen LogP contribution in [0, 0.1) is 6.92 Å². The fourth-order valence-corrected chi connectivity index (χ4v) is 3.02. The summed E-state index contributed by atoms with van der Waals surface area (Å²) in [7, 11) is -2.10. The molecule has 0 aliphatic carbocycles. The molecule has 0 bridgehead atoms. The first-order valence-electron chi connectivity index (χ1n) is 5.37. The molecular formula is C12H16O5S. The molecule has 1 rings (SSSR count). The third-order valence-electron chi connectivity index (χ3n) is 2.66. The Morgan fingerprint density at radius 3 is 2.56 bits per heavy atom. The van der Waals surface area contributed by atoms with Crippen LogP contribution in [-0.4, -0.2) is 38.5 Å². The van der Waals surface area contributed by atoms with Gasteiger partial charge in [0.05, 0.1) is 22.3 Å². The normalized spacial score (nSPS) is 13.3. The Kier molecular flexibility index (Phi) is 4.48. The summed E-state index contributed by atoms with van der Waals surface area (Å²) in [6, 6.07) is 4.10. The zero-order chi connectivity index (χ0) is 13.9. The molecule has 0 aromatic heterocycles. The lowest BCUT2D eigenvalue weighted by atomic mass is 10.1. The number of aromatic carboxylic acids is 1. The molecule has 1 aromatic rings. The lowest BCUT2D eigenvalue weighted by Gasteiger charge is -2.11. The fraction of sp³-hybridized carbons (Fsp3) is 0.417. The standard InChI is InChI=1S/C12H16O5S/c1-8-4-5-10(6-11(8)12(13)14)18(15,16)7-9(2)17-3/h4-6,9H,7H2,1-3H3,(H,13,14). The van der Waals surface area contributed by atoms with E-state index in [2.05, 4.69) is 0 Å². The summed E-state index contributed by atoms with van der Waals surface area (Å²) in [5.74, 6) is -1.31. The predicted molar refractivity (Wildman–Crippen MR) is 66.7 cm³/mol. The van der Waals surface area contributed by atoms with E-state index in [9.17, 15) is 13.2 Å². The van der Waals surface area contributed by atoms with Crippen LogP contribution in [0.25, 0.3) is 0 Å². The number of ether oxygens (including phenoxy) is 1. The molecule has 0 aliphatic heterocycles. The van der Waals surface area contributed by atoms with Crippen molar-refractivity contribution in [3.05, 3.63) is 29.3 Å². The van der Waals surface area contributed by atoms with Crippen molar-refractivity contribution in [2.75, 3.05) is 12.9 Å². The second-order valence-electron chi connectivity index (χ2n) is 4.11. The van der Waals surface area contributed by atoms with Gasteiger partial charge in [0.2, 0.25) is 0 Å². The highest BCUT2D eigenvalue weighted by molar-refractivity contribution is 7.91. The van der Waals surface area contributed by atoms with Crippen LogP contribution in [0.3, 0.4) is 0 Å². The summed E-state index contributed by atoms with van der Waals surface area (Å²) in [6.45, 7) is 3.27. The van der Waals surface area contributed by atoms with Gasteiger partial charge in [0.1, 0.15) is 0 Å². The smallest absolute Gasteiger partial charge is 0.335 e. The fourth-order valence-electron chi connectivity index (χ4n) is 1.50. The Labute approximate surface area is 106 Å². The van der Waals surface area contributed by atoms with Crippen molar-refractivity contribution < 1.29 is 23.1 Å². The van der Waals surface area contributed by atoms with E-state index in [1.54, 1.807) is 13.8 Å². The van der Waals surface area contributed by atoms with Crippen LogP contribution in [0.4, 0.5) is 0 Å². The highest BCUT2D eigenvalue weighted by Gasteiger charge is 2.20. The van der Waals surface area contributed by atoms with Crippen molar-refractivity contribution in [2.24, 2.45) is 0 Å². The number of rotatable bonds is 5. The number of hydrogen-bond acceptors (Lipinski definition) is 4. The van der Waals surface area contributed by atoms with Crippen LogP contribution in [0.15, 0.2) is 23.1 Å². The van der Waals surface area contributed by atoms with Gasteiger partial charge in [-0.25, -0.2) is 13.2 Å². The zero-order valence-electron chi connectivity index (χ0n) is 10.5. The first kappa shape index (κ1) is 14.7. The molecule has 0 heterocycles. The SMILES string of the molecule is COC(C)CS(=O)(=O)c1ccc(C)c(C(=O)O)c1. The summed E-state index contributed by atoms with van der Waals surface area (Å²) in [5.41, 5.74) is 0.530. The predicted octanol–water partition coefficient (Wildman–Crippen LogP) is 1.50. The van der Waals surface area contributed by atoms with Crippen molar-refractivity contribution in [1.29, 1.82) is 0 Å². The lowest BCUT2D eigenvalue weighted by molar-refractivity contribution is 0.0696. The van der Waals surface area contributed by atoms with Gasteiger partial charge < -0.3 is 9.84 Å². The van der Waals surface area contributed by atoms with E-state index in [1.807, 2.05) is 0 Å². The largest absolute Gasteiger partial charge is 0.478 e. The Morgan fingerprint density at radius 1 is 1.44 bits per heavy atom. The molecule has 1 unspecified atom stereocenters. The zero-order valence-corrected chi connectivity index (χ0v) is 11.3. The molecule has 0 fully saturated rings. The number of carboxylic acid groups (broad SMARTS) is 1. The summed E-state index contributed by atoms with van der Waals surface area (Å²) < 4.78 is 28.9. The van der Waals surface area contributed by atoms with E-state index in [0.29, 0.717) is 5.56 Å². The summed E-state index contributed by atoms with van der Waals surface area (Å²) >= 11 is 0. The number of carbonyl (C=O) groups is 1. The minimum absolute atomic E-state index is 0.00106. The topological polar surface area (TPSA) is 80.7 Å². The molecule has 5 nitrogen and oxygen atoms in total. The monoisotopic (exact) mass is 272 g/mol. The molecule has 1 atom stereocenters. The number of carboxylic acids is 1. The first-order chi connectivity index (χ1) is 8.27. The molecule has 0 amide bonds. The van der Waals surface area contributed by atoms with Gasteiger partial charge in [0, 0.05) is 7.11 Å². The van der Waals surface area contributed by atoms with Gasteiger partial charge in [-0.05, 0) is 31.5 Å². The van der Waals surface area contributed by atoms with Gasteiger partial charge in [-0.15, -0.1) is 0 Å². The van der Waals surface area contributed by atoms with Crippen molar-refractivity contribution in [3.63, 3.8) is 0 Å². The van der Waals surface area contributed by atoms with Gasteiger partial charge in [-0.1, -0.05) is 6.07 Å². The van der Waals surface area contributed by atoms with E-state index in [-0.39, 0.29) is 16.2 Å². The Hall–Kier alpha value is -1.40. The van der Waals surface area contributed by atoms with Gasteiger partial charge in [0.25, 0.3) is 0 Å². The van der Waals surface area contributed by atoms with E-state index >= 15 is 0 Å². The highest BCUT2D eigenvalue weighted by Crippen LogP contribution is 2.18. The van der Waals surface area contributed by atoms with Gasteiger partial charge >= 0.3 is 5.97 Å². The maximum atomic E-state index is 12.0. The maximum absolute atomic E-state index is 12.0. The highest BCUT2D eigenvalue weighted by atomic mass is 32.2. The van der Waals surface area contributed by atoms with Crippen LogP contribution in [0.5, 0.6) is 0 Å². The number of benzene rings is 1. The molecule has 0 saturated heterocycles. The van der Waals surface area contributed by atoms with Crippen LogP contribution in [-0.2, 0) is 14.6 Å². The third-order valence-corrected chi connectivity index (χ3v) is 4.54. The quantitative estimate of drug-likeness (QED) is 0.878. The maximum Gasteiger partial charge on any atom is 0.335 e. The molecule has 0 saturated carbocycles. The molecular weight excluding hydrogens is 256 g/mol. The molecule has 100 valence electrons. The summed E-state index contributed by atoms with van der Waals surface area (Å²) in [5, 5.41) is 8.96. The molecule has 6 heteroatoms. The summed E-state index contributed by atoms with van der Waals surface area (Å²) in [4.78, 5) is 11.0. The van der Waals surface area contributed by atoms with Crippen LogP contribution in [0.1, 0.15) is 22.8 Å². The van der Waals surface area contributed by atoms with E-state index < -0.39 is 21.9 Å². The second-order valence-corrected chi connectivity index (χ2v) is 6.14. The molecule has 0 radical (unpaired) electrons. The van der Waals surface area contributed by atoms with Crippen LogP contribution < -0.4 is 0 Å². The van der Waals surface area contributed by atoms with Gasteiger partial charge in [-0.2, -0.15) is 0 Å². The Morgan fingerprint density at radius 2 is 2.06 bits per heavy atom. The average molecular weight is 272 g/mol. The number of hydrogen-bond donors (Lipinski definition) is 1. The minimum atomic E-state index is -3.53. The number of methoxy groups -OCH3 is 1. The number of aryl methyl sites for hydroxylation is 1. The van der Waals surface area contributed by atoms with Crippen molar-refractivity contribution in [2.45, 2.75) is 24.8 Å². The van der Waals surface area contributed by atoms with Crippen molar-refractivity contribution in [3.8, 4) is 0 Å². The van der Waals surface area contributed by atoms with Crippen LogP contribution >= 0.6 is 0 Å². The van der Waals surface area contributed by atoms with Crippen molar-refractivity contribution >= 4 is 15.8 Å². The molecule has 0 spiro atoms. The van der Waals surface area contributed by atoms with Gasteiger partial charge in [0.15, 0.2) is 9.84 Å².